The lowest BCUT2D eigenvalue weighted by atomic mass is 9.31. The molecule has 1 saturated heterocycles. The molecule has 10 unspecified atom stereocenters. The van der Waals surface area contributed by atoms with Crippen LogP contribution in [-0.2, 0) is 0 Å². The van der Waals surface area contributed by atoms with Gasteiger partial charge in [-0.25, -0.2) is 0 Å². The number of likely N-dealkylation sites (N-methyl/N-ethyl adjacent to an activating group) is 1. The SMILES string of the molecule is CNCC1CCC2CC34C(O)CC5(C)CCCC(O)(C5)C3CC43CCCC3C2N1. The van der Waals surface area contributed by atoms with Crippen LogP contribution in [-0.4, -0.2) is 47.6 Å². The summed E-state index contributed by atoms with van der Waals surface area (Å²) in [5, 5.41) is 31.4. The molecule has 2 spiro atoms. The first-order chi connectivity index (χ1) is 13.9. The van der Waals surface area contributed by atoms with Gasteiger partial charge in [0.05, 0.1) is 11.7 Å². The topological polar surface area (TPSA) is 64.5 Å². The van der Waals surface area contributed by atoms with Crippen molar-refractivity contribution in [2.75, 3.05) is 13.6 Å². The number of aliphatic hydroxyl groups is 2. The van der Waals surface area contributed by atoms with E-state index in [2.05, 4.69) is 24.6 Å². The highest BCUT2D eigenvalue weighted by Crippen LogP contribution is 2.81. The van der Waals surface area contributed by atoms with Gasteiger partial charge >= 0.3 is 0 Å². The Morgan fingerprint density at radius 3 is 2.72 bits per heavy atom. The summed E-state index contributed by atoms with van der Waals surface area (Å²) in [6.07, 6.45) is 13.8. The van der Waals surface area contributed by atoms with E-state index in [1.54, 1.807) is 0 Å². The second-order valence-electron chi connectivity index (χ2n) is 12.6. The quantitative estimate of drug-likeness (QED) is 0.573. The Bertz CT molecular complexity index is 686. The first-order valence-corrected chi connectivity index (χ1v) is 12.7. The molecule has 2 bridgehead atoms. The van der Waals surface area contributed by atoms with Gasteiger partial charge in [-0.1, -0.05) is 19.8 Å². The monoisotopic (exact) mass is 402 g/mol. The Hall–Kier alpha value is -0.160. The molecule has 29 heavy (non-hydrogen) atoms. The van der Waals surface area contributed by atoms with Crippen LogP contribution >= 0.6 is 0 Å². The van der Waals surface area contributed by atoms with Crippen LogP contribution in [0.5, 0.6) is 0 Å². The van der Waals surface area contributed by atoms with E-state index in [-0.39, 0.29) is 22.3 Å². The van der Waals surface area contributed by atoms with Gasteiger partial charge in [-0.3, -0.25) is 0 Å². The average Bonchev–Trinajstić information content (AvgIpc) is 3.10. The summed E-state index contributed by atoms with van der Waals surface area (Å²) < 4.78 is 0. The zero-order valence-corrected chi connectivity index (χ0v) is 18.6. The lowest BCUT2D eigenvalue weighted by molar-refractivity contribution is -0.304. The molecule has 5 aliphatic carbocycles. The van der Waals surface area contributed by atoms with Crippen molar-refractivity contribution < 1.29 is 10.2 Å². The molecule has 4 nitrogen and oxygen atoms in total. The first kappa shape index (κ1) is 19.5. The highest BCUT2D eigenvalue weighted by molar-refractivity contribution is 5.29. The van der Waals surface area contributed by atoms with E-state index in [0.29, 0.717) is 29.8 Å². The molecule has 0 aromatic heterocycles. The number of fused-ring (bicyclic) bond motifs is 5. The van der Waals surface area contributed by atoms with Crippen LogP contribution in [0, 0.1) is 34.0 Å². The maximum absolute atomic E-state index is 12.0. The highest BCUT2D eigenvalue weighted by Gasteiger charge is 2.79. The molecule has 4 heteroatoms. The minimum Gasteiger partial charge on any atom is -0.392 e. The van der Waals surface area contributed by atoms with Crippen molar-refractivity contribution in [3.05, 3.63) is 0 Å². The lowest BCUT2D eigenvalue weighted by Crippen LogP contribution is -2.76. The predicted molar refractivity (Wildman–Crippen MR) is 114 cm³/mol. The van der Waals surface area contributed by atoms with E-state index in [4.69, 9.17) is 0 Å². The molecular weight excluding hydrogens is 360 g/mol. The van der Waals surface area contributed by atoms with Gasteiger partial charge in [0, 0.05) is 24.0 Å². The van der Waals surface area contributed by atoms with Gasteiger partial charge < -0.3 is 20.8 Å². The van der Waals surface area contributed by atoms with Gasteiger partial charge in [0.1, 0.15) is 0 Å². The average molecular weight is 403 g/mol. The summed E-state index contributed by atoms with van der Waals surface area (Å²) >= 11 is 0. The minimum atomic E-state index is -0.521. The fourth-order valence-corrected chi connectivity index (χ4v) is 10.6. The van der Waals surface area contributed by atoms with Crippen LogP contribution in [0.1, 0.15) is 84.0 Å². The number of hydrogen-bond donors (Lipinski definition) is 4. The van der Waals surface area contributed by atoms with Crippen LogP contribution < -0.4 is 10.6 Å². The van der Waals surface area contributed by atoms with Crippen molar-refractivity contribution in [2.45, 2.75) is 108 Å². The van der Waals surface area contributed by atoms with Crippen molar-refractivity contribution in [2.24, 2.45) is 34.0 Å². The molecule has 6 fully saturated rings. The number of aliphatic hydroxyl groups excluding tert-OH is 1. The second kappa shape index (κ2) is 6.21. The third-order valence-corrected chi connectivity index (χ3v) is 11.3. The molecule has 0 amide bonds. The summed E-state index contributed by atoms with van der Waals surface area (Å²) in [4.78, 5) is 0. The Balaban J connectivity index is 1.41. The molecule has 0 aromatic rings. The summed E-state index contributed by atoms with van der Waals surface area (Å²) in [5.41, 5.74) is -0.111. The molecule has 0 aromatic carbocycles. The van der Waals surface area contributed by atoms with Crippen molar-refractivity contribution in [1.29, 1.82) is 0 Å². The molecule has 0 radical (unpaired) electrons. The summed E-state index contributed by atoms with van der Waals surface area (Å²) in [7, 11) is 2.07. The molecule has 4 N–H and O–H groups in total. The molecule has 10 atom stereocenters. The Labute approximate surface area is 176 Å². The van der Waals surface area contributed by atoms with Crippen LogP contribution in [0.2, 0.25) is 0 Å². The largest absolute Gasteiger partial charge is 0.392 e. The number of piperidine rings is 1. The molecule has 5 saturated carbocycles. The highest BCUT2D eigenvalue weighted by atomic mass is 16.3. The zero-order valence-electron chi connectivity index (χ0n) is 18.6. The van der Waals surface area contributed by atoms with Gasteiger partial charge in [-0.2, -0.15) is 0 Å². The van der Waals surface area contributed by atoms with Crippen LogP contribution in [0.25, 0.3) is 0 Å². The van der Waals surface area contributed by atoms with Gasteiger partial charge in [0.15, 0.2) is 0 Å². The van der Waals surface area contributed by atoms with E-state index < -0.39 is 5.60 Å². The number of nitrogens with one attached hydrogen (secondary N) is 2. The normalized spacial score (nSPS) is 60.8. The Kier molecular flexibility index (Phi) is 4.18. The number of hydrogen-bond acceptors (Lipinski definition) is 4. The summed E-state index contributed by atoms with van der Waals surface area (Å²) in [6.45, 7) is 3.42. The van der Waals surface area contributed by atoms with E-state index in [1.165, 1.54) is 44.9 Å². The van der Waals surface area contributed by atoms with E-state index >= 15 is 0 Å². The fraction of sp³-hybridized carbons (Fsp3) is 1.00. The van der Waals surface area contributed by atoms with Crippen molar-refractivity contribution in [1.82, 2.24) is 10.6 Å². The predicted octanol–water partition coefficient (Wildman–Crippen LogP) is 3.22. The second-order valence-corrected chi connectivity index (χ2v) is 12.6. The molecule has 1 heterocycles. The van der Waals surface area contributed by atoms with Crippen LogP contribution in [0.4, 0.5) is 0 Å². The maximum Gasteiger partial charge on any atom is 0.0687 e. The minimum absolute atomic E-state index is 0.0102. The molecule has 1 aliphatic heterocycles. The number of rotatable bonds is 2. The van der Waals surface area contributed by atoms with E-state index in [9.17, 15) is 10.2 Å². The van der Waals surface area contributed by atoms with Crippen molar-refractivity contribution in [3.63, 3.8) is 0 Å². The van der Waals surface area contributed by atoms with E-state index in [1.807, 2.05) is 0 Å². The van der Waals surface area contributed by atoms with Crippen LogP contribution in [0.15, 0.2) is 0 Å². The van der Waals surface area contributed by atoms with E-state index in [0.717, 1.165) is 38.6 Å². The first-order valence-electron chi connectivity index (χ1n) is 12.7. The fourth-order valence-electron chi connectivity index (χ4n) is 10.6. The Morgan fingerprint density at radius 1 is 1.03 bits per heavy atom. The third kappa shape index (κ3) is 2.36. The smallest absolute Gasteiger partial charge is 0.0687 e. The van der Waals surface area contributed by atoms with Crippen molar-refractivity contribution in [3.8, 4) is 0 Å². The molecule has 6 aliphatic rings. The Morgan fingerprint density at radius 2 is 1.90 bits per heavy atom. The summed E-state index contributed by atoms with van der Waals surface area (Å²) in [5.74, 6) is 1.73. The van der Waals surface area contributed by atoms with Gasteiger partial charge in [0.25, 0.3) is 0 Å². The van der Waals surface area contributed by atoms with Crippen molar-refractivity contribution >= 4 is 0 Å². The molecule has 6 rings (SSSR count). The van der Waals surface area contributed by atoms with Gasteiger partial charge in [-0.15, -0.1) is 0 Å². The third-order valence-electron chi connectivity index (χ3n) is 11.3. The molecule has 164 valence electrons. The lowest BCUT2D eigenvalue weighted by Gasteiger charge is -2.75. The van der Waals surface area contributed by atoms with Gasteiger partial charge in [-0.05, 0) is 99.8 Å². The molecular formula is C25H42N2O2. The maximum atomic E-state index is 12.0. The standard InChI is InChI=1S/C25H42N2O2/c1-22-8-4-10-24(29,15-22)19-12-23-9-3-5-18(23)21-16(6-7-17(27-21)14-26-2)11-25(19,23)20(28)13-22/h16-21,26-29H,3-15H2,1-2H3. The van der Waals surface area contributed by atoms with Crippen LogP contribution in [0.3, 0.4) is 0 Å². The van der Waals surface area contributed by atoms with Gasteiger partial charge in [0.2, 0.25) is 0 Å². The zero-order chi connectivity index (χ0) is 20.1. The summed E-state index contributed by atoms with van der Waals surface area (Å²) in [6, 6.07) is 1.24.